The van der Waals surface area contributed by atoms with Gasteiger partial charge in [0.2, 0.25) is 0 Å². The van der Waals surface area contributed by atoms with E-state index in [1.807, 2.05) is 66.7 Å². The molecule has 33 heavy (non-hydrogen) atoms. The number of imidazole rings is 1. The smallest absolute Gasteiger partial charge is 0.258 e. The highest BCUT2D eigenvalue weighted by molar-refractivity contribution is 6.07. The minimum atomic E-state index is -0.102. The molecule has 2 N–H and O–H groups in total. The van der Waals surface area contributed by atoms with Crippen LogP contribution in [0.1, 0.15) is 21.5 Å². The molecule has 0 saturated heterocycles. The van der Waals surface area contributed by atoms with Crippen molar-refractivity contribution in [2.45, 2.75) is 13.1 Å². The fourth-order valence-electron chi connectivity index (χ4n) is 3.66. The molecule has 3 heterocycles. The summed E-state index contributed by atoms with van der Waals surface area (Å²) in [5, 5.41) is 3.43. The van der Waals surface area contributed by atoms with E-state index in [1.54, 1.807) is 36.0 Å². The number of rotatable bonds is 7. The minimum absolute atomic E-state index is 0.102. The zero-order valence-corrected chi connectivity index (χ0v) is 17.8. The summed E-state index contributed by atoms with van der Waals surface area (Å²) in [5.74, 6) is -0.102. The van der Waals surface area contributed by atoms with Gasteiger partial charge in [-0.15, -0.1) is 0 Å². The molecule has 5 rings (SSSR count). The zero-order valence-electron chi connectivity index (χ0n) is 17.8. The molecule has 2 aromatic carbocycles. The first-order valence-electron chi connectivity index (χ1n) is 10.6. The molecule has 0 atom stereocenters. The molecule has 7 nitrogen and oxygen atoms in total. The quantitative estimate of drug-likeness (QED) is 0.384. The van der Waals surface area contributed by atoms with Crippen molar-refractivity contribution in [2.75, 3.05) is 10.2 Å². The maximum atomic E-state index is 13.6. The topological polar surface area (TPSA) is 86.8 Å². The first kappa shape index (κ1) is 20.4. The Kier molecular flexibility index (Phi) is 5.75. The van der Waals surface area contributed by atoms with Crippen molar-refractivity contribution in [3.05, 3.63) is 115 Å². The lowest BCUT2D eigenvalue weighted by molar-refractivity contribution is 0.0985. The minimum Gasteiger partial charge on any atom is -0.381 e. The number of aromatic nitrogens is 4. The normalized spacial score (nSPS) is 10.8. The average molecular weight is 435 g/mol. The SMILES string of the molecule is O=C(c1ccc2[nH]cnc2c1)N(Cc1cccnc1)c1cccc(NCc2ccncc2)c1. The van der Waals surface area contributed by atoms with Crippen molar-refractivity contribution in [1.82, 2.24) is 19.9 Å². The summed E-state index contributed by atoms with van der Waals surface area (Å²) in [7, 11) is 0. The molecule has 0 aliphatic heterocycles. The van der Waals surface area contributed by atoms with E-state index in [4.69, 9.17) is 0 Å². The molecular weight excluding hydrogens is 412 g/mol. The Labute approximate surface area is 191 Å². The Hall–Kier alpha value is -4.52. The number of H-pyrrole nitrogens is 1. The Bertz CT molecular complexity index is 1370. The zero-order chi connectivity index (χ0) is 22.5. The maximum Gasteiger partial charge on any atom is 0.258 e. The molecule has 3 aromatic heterocycles. The monoisotopic (exact) mass is 434 g/mol. The van der Waals surface area contributed by atoms with E-state index in [1.165, 1.54) is 0 Å². The number of aromatic amines is 1. The molecule has 0 fully saturated rings. The van der Waals surface area contributed by atoms with Gasteiger partial charge in [-0.25, -0.2) is 4.98 Å². The molecule has 0 bridgehead atoms. The van der Waals surface area contributed by atoms with Gasteiger partial charge in [0.25, 0.3) is 5.91 Å². The van der Waals surface area contributed by atoms with Crippen molar-refractivity contribution in [3.63, 3.8) is 0 Å². The summed E-state index contributed by atoms with van der Waals surface area (Å²) < 4.78 is 0. The molecule has 162 valence electrons. The van der Waals surface area contributed by atoms with Gasteiger partial charge in [0.05, 0.1) is 23.9 Å². The number of nitrogens with zero attached hydrogens (tertiary/aromatic N) is 4. The highest BCUT2D eigenvalue weighted by Crippen LogP contribution is 2.25. The van der Waals surface area contributed by atoms with Crippen LogP contribution in [0.4, 0.5) is 11.4 Å². The van der Waals surface area contributed by atoms with Gasteiger partial charge in [-0.1, -0.05) is 12.1 Å². The van der Waals surface area contributed by atoms with E-state index < -0.39 is 0 Å². The Morgan fingerprint density at radius 3 is 2.67 bits per heavy atom. The van der Waals surface area contributed by atoms with Gasteiger partial charge in [0.1, 0.15) is 0 Å². The predicted octanol–water partition coefficient (Wildman–Crippen LogP) is 4.81. The molecule has 5 aromatic rings. The number of carbonyl (C=O) groups is 1. The largest absolute Gasteiger partial charge is 0.381 e. The van der Waals surface area contributed by atoms with Crippen LogP contribution < -0.4 is 10.2 Å². The van der Waals surface area contributed by atoms with Gasteiger partial charge in [0.15, 0.2) is 0 Å². The number of fused-ring (bicyclic) bond motifs is 1. The number of amides is 1. The average Bonchev–Trinajstić information content (AvgIpc) is 3.35. The molecule has 0 aliphatic carbocycles. The molecule has 0 saturated carbocycles. The van der Waals surface area contributed by atoms with Crippen LogP contribution in [0, 0.1) is 0 Å². The van der Waals surface area contributed by atoms with Crippen LogP contribution in [0.2, 0.25) is 0 Å². The molecule has 7 heteroatoms. The first-order valence-corrected chi connectivity index (χ1v) is 10.6. The second-order valence-corrected chi connectivity index (χ2v) is 7.65. The Morgan fingerprint density at radius 1 is 0.909 bits per heavy atom. The molecular formula is C26H22N6O. The summed E-state index contributed by atoms with van der Waals surface area (Å²) in [6.45, 7) is 1.07. The summed E-state index contributed by atoms with van der Waals surface area (Å²) in [4.78, 5) is 31.0. The van der Waals surface area contributed by atoms with Crippen LogP contribution in [0.3, 0.4) is 0 Å². The van der Waals surface area contributed by atoms with Crippen molar-refractivity contribution in [2.24, 2.45) is 0 Å². The second-order valence-electron chi connectivity index (χ2n) is 7.65. The van der Waals surface area contributed by atoms with E-state index >= 15 is 0 Å². The van der Waals surface area contributed by atoms with E-state index in [9.17, 15) is 4.79 Å². The van der Waals surface area contributed by atoms with Gasteiger partial charge in [0, 0.05) is 48.3 Å². The fraction of sp³-hybridized carbons (Fsp3) is 0.0769. The van der Waals surface area contributed by atoms with Crippen LogP contribution in [0.5, 0.6) is 0 Å². The maximum absolute atomic E-state index is 13.6. The molecule has 0 aliphatic rings. The number of hydrogen-bond donors (Lipinski definition) is 2. The Balaban J connectivity index is 1.45. The third-order valence-corrected chi connectivity index (χ3v) is 5.38. The van der Waals surface area contributed by atoms with Crippen LogP contribution in [0.25, 0.3) is 11.0 Å². The van der Waals surface area contributed by atoms with E-state index in [0.717, 1.165) is 33.5 Å². The molecule has 0 spiro atoms. The van der Waals surface area contributed by atoms with E-state index in [0.29, 0.717) is 18.7 Å². The lowest BCUT2D eigenvalue weighted by Gasteiger charge is -2.24. The standard InChI is InChI=1S/C26H22N6O/c33-26(21-6-7-24-25(13-21)31-18-30-24)32(17-20-3-2-10-28-15-20)23-5-1-4-22(14-23)29-16-19-8-11-27-12-9-19/h1-15,18,29H,16-17H2,(H,30,31). The highest BCUT2D eigenvalue weighted by Gasteiger charge is 2.19. The molecule has 0 radical (unpaired) electrons. The number of benzene rings is 2. The molecule has 0 unspecified atom stereocenters. The van der Waals surface area contributed by atoms with Crippen LogP contribution >= 0.6 is 0 Å². The number of anilines is 2. The molecule has 1 amide bonds. The highest BCUT2D eigenvalue weighted by atomic mass is 16.2. The van der Waals surface area contributed by atoms with Crippen LogP contribution in [-0.2, 0) is 13.1 Å². The summed E-state index contributed by atoms with van der Waals surface area (Å²) in [5.41, 5.74) is 6.03. The number of carbonyl (C=O) groups excluding carboxylic acids is 1. The van der Waals surface area contributed by atoms with Crippen molar-refractivity contribution < 1.29 is 4.79 Å². The third-order valence-electron chi connectivity index (χ3n) is 5.38. The van der Waals surface area contributed by atoms with Crippen molar-refractivity contribution in [3.8, 4) is 0 Å². The van der Waals surface area contributed by atoms with Gasteiger partial charge in [-0.3, -0.25) is 14.8 Å². The van der Waals surface area contributed by atoms with Gasteiger partial charge in [-0.2, -0.15) is 0 Å². The summed E-state index contributed by atoms with van der Waals surface area (Å²) in [6.07, 6.45) is 8.69. The predicted molar refractivity (Wildman–Crippen MR) is 129 cm³/mol. The van der Waals surface area contributed by atoms with Gasteiger partial charge < -0.3 is 15.2 Å². The van der Waals surface area contributed by atoms with E-state index in [2.05, 4.69) is 25.3 Å². The third kappa shape index (κ3) is 4.72. The van der Waals surface area contributed by atoms with Crippen molar-refractivity contribution in [1.29, 1.82) is 0 Å². The van der Waals surface area contributed by atoms with Crippen LogP contribution in [0.15, 0.2) is 97.8 Å². The summed E-state index contributed by atoms with van der Waals surface area (Å²) in [6, 6.07) is 21.2. The summed E-state index contributed by atoms with van der Waals surface area (Å²) >= 11 is 0. The van der Waals surface area contributed by atoms with Crippen molar-refractivity contribution >= 4 is 28.3 Å². The number of hydrogen-bond acceptors (Lipinski definition) is 5. The first-order chi connectivity index (χ1) is 16.3. The lowest BCUT2D eigenvalue weighted by atomic mass is 10.1. The van der Waals surface area contributed by atoms with Crippen LogP contribution in [-0.4, -0.2) is 25.8 Å². The van der Waals surface area contributed by atoms with Gasteiger partial charge in [-0.05, 0) is 65.7 Å². The lowest BCUT2D eigenvalue weighted by Crippen LogP contribution is -2.30. The number of pyridine rings is 2. The van der Waals surface area contributed by atoms with Gasteiger partial charge >= 0.3 is 0 Å². The number of nitrogens with one attached hydrogen (secondary N) is 2. The second kappa shape index (κ2) is 9.32. The fourth-order valence-corrected chi connectivity index (χ4v) is 3.66. The van der Waals surface area contributed by atoms with E-state index in [-0.39, 0.29) is 5.91 Å². The Morgan fingerprint density at radius 2 is 1.82 bits per heavy atom.